The van der Waals surface area contributed by atoms with E-state index in [1.165, 1.54) is 0 Å². The van der Waals surface area contributed by atoms with E-state index in [1.54, 1.807) is 21.3 Å². The van der Waals surface area contributed by atoms with Crippen LogP contribution in [0.25, 0.3) is 0 Å². The second-order valence-electron chi connectivity index (χ2n) is 3.78. The van der Waals surface area contributed by atoms with E-state index in [2.05, 4.69) is 37.5 Å². The van der Waals surface area contributed by atoms with Crippen molar-refractivity contribution in [2.75, 3.05) is 27.8 Å². The minimum Gasteiger partial charge on any atom is -0.493 e. The number of terminal acetylenes is 1. The molecule has 1 aromatic rings. The van der Waals surface area contributed by atoms with E-state index < -0.39 is 0 Å². The molecule has 0 saturated carbocycles. The Labute approximate surface area is 151 Å². The van der Waals surface area contributed by atoms with Crippen LogP contribution in [0.5, 0.6) is 11.5 Å². The number of halogens is 2. The fraction of sp³-hybridized carbons (Fsp3) is 0.357. The van der Waals surface area contributed by atoms with E-state index >= 15 is 0 Å². The molecule has 0 aliphatic carbocycles. The van der Waals surface area contributed by atoms with Crippen LogP contribution in [0.15, 0.2) is 21.6 Å². The van der Waals surface area contributed by atoms with Crippen LogP contribution in [-0.2, 0) is 6.54 Å². The second-order valence-corrected chi connectivity index (χ2v) is 4.64. The van der Waals surface area contributed by atoms with E-state index in [0.717, 1.165) is 10.0 Å². The van der Waals surface area contributed by atoms with E-state index in [0.29, 0.717) is 30.5 Å². The van der Waals surface area contributed by atoms with Gasteiger partial charge in [0.2, 0.25) is 0 Å². The van der Waals surface area contributed by atoms with Gasteiger partial charge in [0.05, 0.1) is 20.8 Å². The molecular formula is C14H19BrIN3O2. The molecule has 0 radical (unpaired) electrons. The van der Waals surface area contributed by atoms with Crippen molar-refractivity contribution >= 4 is 45.9 Å². The van der Waals surface area contributed by atoms with Crippen LogP contribution in [0.3, 0.4) is 0 Å². The highest BCUT2D eigenvalue weighted by molar-refractivity contribution is 14.0. The van der Waals surface area contributed by atoms with Gasteiger partial charge in [0, 0.05) is 18.1 Å². The first-order valence-electron chi connectivity index (χ1n) is 5.94. The van der Waals surface area contributed by atoms with Crippen LogP contribution in [0.2, 0.25) is 0 Å². The summed E-state index contributed by atoms with van der Waals surface area (Å²) >= 11 is 3.51. The molecular weight excluding hydrogens is 449 g/mol. The number of hydrogen-bond donors (Lipinski definition) is 2. The molecule has 0 atom stereocenters. The van der Waals surface area contributed by atoms with E-state index in [4.69, 9.17) is 15.9 Å². The quantitative estimate of drug-likeness (QED) is 0.302. The SMILES string of the molecule is C#CCNC(=NC)NCc1cc(OC)c(OC)cc1Br.I. The maximum absolute atomic E-state index is 5.28. The van der Waals surface area contributed by atoms with Gasteiger partial charge in [0.15, 0.2) is 17.5 Å². The molecule has 1 rings (SSSR count). The van der Waals surface area contributed by atoms with Gasteiger partial charge >= 0.3 is 0 Å². The topological polar surface area (TPSA) is 54.9 Å². The second kappa shape index (κ2) is 10.6. The van der Waals surface area contributed by atoms with Crippen molar-refractivity contribution in [1.29, 1.82) is 0 Å². The van der Waals surface area contributed by atoms with Crippen LogP contribution >= 0.6 is 39.9 Å². The Morgan fingerprint density at radius 3 is 2.43 bits per heavy atom. The molecule has 0 fully saturated rings. The minimum atomic E-state index is 0. The van der Waals surface area contributed by atoms with Gasteiger partial charge < -0.3 is 20.1 Å². The highest BCUT2D eigenvalue weighted by atomic mass is 127. The third-order valence-corrected chi connectivity index (χ3v) is 3.32. The van der Waals surface area contributed by atoms with Crippen molar-refractivity contribution in [3.8, 4) is 23.8 Å². The van der Waals surface area contributed by atoms with Gasteiger partial charge in [-0.25, -0.2) is 0 Å². The Bertz CT molecular complexity index is 530. The summed E-state index contributed by atoms with van der Waals surface area (Å²) in [5.41, 5.74) is 1.02. The molecule has 0 bridgehead atoms. The van der Waals surface area contributed by atoms with Gasteiger partial charge in [0.1, 0.15) is 0 Å². The van der Waals surface area contributed by atoms with Crippen molar-refractivity contribution in [2.24, 2.45) is 4.99 Å². The van der Waals surface area contributed by atoms with Crippen LogP contribution < -0.4 is 20.1 Å². The normalized spacial score (nSPS) is 10.1. The fourth-order valence-corrected chi connectivity index (χ4v) is 2.03. The predicted octanol–water partition coefficient (Wildman–Crippen LogP) is 2.38. The molecule has 116 valence electrons. The zero-order chi connectivity index (χ0) is 15.0. The monoisotopic (exact) mass is 467 g/mol. The van der Waals surface area contributed by atoms with Crippen LogP contribution in [0.4, 0.5) is 0 Å². The largest absolute Gasteiger partial charge is 0.493 e. The molecule has 21 heavy (non-hydrogen) atoms. The maximum atomic E-state index is 5.28. The summed E-state index contributed by atoms with van der Waals surface area (Å²) < 4.78 is 11.4. The maximum Gasteiger partial charge on any atom is 0.192 e. The van der Waals surface area contributed by atoms with E-state index in [1.807, 2.05) is 12.1 Å². The first-order chi connectivity index (χ1) is 9.65. The van der Waals surface area contributed by atoms with Crippen molar-refractivity contribution in [3.05, 3.63) is 22.2 Å². The number of nitrogens with zero attached hydrogens (tertiary/aromatic N) is 1. The molecule has 0 aromatic heterocycles. The fourth-order valence-electron chi connectivity index (χ4n) is 1.57. The molecule has 0 saturated heterocycles. The molecule has 0 aliphatic rings. The van der Waals surface area contributed by atoms with Crippen LogP contribution in [-0.4, -0.2) is 33.8 Å². The van der Waals surface area contributed by atoms with Gasteiger partial charge in [-0.2, -0.15) is 0 Å². The Balaban J connectivity index is 0.00000400. The summed E-state index contributed by atoms with van der Waals surface area (Å²) in [6.07, 6.45) is 5.20. The summed E-state index contributed by atoms with van der Waals surface area (Å²) in [6.45, 7) is 0.998. The number of guanidine groups is 1. The molecule has 7 heteroatoms. The molecule has 0 aliphatic heterocycles. The summed E-state index contributed by atoms with van der Waals surface area (Å²) in [5, 5.41) is 6.16. The lowest BCUT2D eigenvalue weighted by atomic mass is 10.2. The zero-order valence-electron chi connectivity index (χ0n) is 12.2. The van der Waals surface area contributed by atoms with Crippen molar-refractivity contribution < 1.29 is 9.47 Å². The van der Waals surface area contributed by atoms with Crippen LogP contribution in [0.1, 0.15) is 5.56 Å². The standard InChI is InChI=1S/C14H18BrN3O2.HI/c1-5-6-17-14(16-2)18-9-10-7-12(19-3)13(20-4)8-11(10)15;/h1,7-8H,6,9H2,2-4H3,(H2,16,17,18);1H. The average molecular weight is 468 g/mol. The number of ether oxygens (including phenoxy) is 2. The van der Waals surface area contributed by atoms with E-state index in [9.17, 15) is 0 Å². The molecule has 1 aromatic carbocycles. The molecule has 0 amide bonds. The highest BCUT2D eigenvalue weighted by Crippen LogP contribution is 2.33. The van der Waals surface area contributed by atoms with Gasteiger partial charge in [-0.15, -0.1) is 30.4 Å². The summed E-state index contributed by atoms with van der Waals surface area (Å²) in [6, 6.07) is 3.78. The summed E-state index contributed by atoms with van der Waals surface area (Å²) in [5.74, 6) is 4.50. The van der Waals surface area contributed by atoms with Crippen LogP contribution in [0, 0.1) is 12.3 Å². The van der Waals surface area contributed by atoms with Gasteiger partial charge in [-0.3, -0.25) is 4.99 Å². The smallest absolute Gasteiger partial charge is 0.192 e. The van der Waals surface area contributed by atoms with Gasteiger partial charge in [-0.05, 0) is 17.7 Å². The molecule has 0 spiro atoms. The summed E-state index contributed by atoms with van der Waals surface area (Å²) in [4.78, 5) is 4.07. The average Bonchev–Trinajstić information content (AvgIpc) is 2.48. The number of nitrogens with one attached hydrogen (secondary N) is 2. The lowest BCUT2D eigenvalue weighted by Crippen LogP contribution is -2.37. The Morgan fingerprint density at radius 1 is 1.29 bits per heavy atom. The first kappa shape index (κ1) is 19.9. The first-order valence-corrected chi connectivity index (χ1v) is 6.74. The van der Waals surface area contributed by atoms with Crippen molar-refractivity contribution in [2.45, 2.75) is 6.54 Å². The minimum absolute atomic E-state index is 0. The number of benzene rings is 1. The number of hydrogen-bond acceptors (Lipinski definition) is 3. The van der Waals surface area contributed by atoms with E-state index in [-0.39, 0.29) is 24.0 Å². The Morgan fingerprint density at radius 2 is 1.90 bits per heavy atom. The number of rotatable bonds is 5. The summed E-state index contributed by atoms with van der Waals surface area (Å²) in [7, 11) is 4.90. The Kier molecular flexibility index (Phi) is 9.99. The number of methoxy groups -OCH3 is 2. The predicted molar refractivity (Wildman–Crippen MR) is 99.7 cm³/mol. The number of aliphatic imine (C=N–C) groups is 1. The lowest BCUT2D eigenvalue weighted by Gasteiger charge is -2.14. The third kappa shape index (κ3) is 6.01. The van der Waals surface area contributed by atoms with Crippen molar-refractivity contribution in [3.63, 3.8) is 0 Å². The van der Waals surface area contributed by atoms with Crippen molar-refractivity contribution in [1.82, 2.24) is 10.6 Å². The van der Waals surface area contributed by atoms with Gasteiger partial charge in [-0.1, -0.05) is 21.9 Å². The Hall–Kier alpha value is -1.14. The lowest BCUT2D eigenvalue weighted by molar-refractivity contribution is 0.354. The molecule has 0 unspecified atom stereocenters. The zero-order valence-corrected chi connectivity index (χ0v) is 16.1. The molecule has 2 N–H and O–H groups in total. The highest BCUT2D eigenvalue weighted by Gasteiger charge is 2.09. The van der Waals surface area contributed by atoms with Gasteiger partial charge in [0.25, 0.3) is 0 Å². The molecule has 5 nitrogen and oxygen atoms in total. The molecule has 0 heterocycles. The third-order valence-electron chi connectivity index (χ3n) is 2.58.